The number of aromatic nitrogens is 6. The Morgan fingerprint density at radius 2 is 2.00 bits per heavy atom. The van der Waals surface area contributed by atoms with Crippen LogP contribution in [0.4, 0.5) is 0 Å². The van der Waals surface area contributed by atoms with Gasteiger partial charge in [-0.2, -0.15) is 10.2 Å². The number of rotatable bonds is 7. The monoisotopic (exact) mass is 474 g/mol. The Balaban J connectivity index is 1.68. The molecule has 9 heteroatoms. The van der Waals surface area contributed by atoms with Gasteiger partial charge in [-0.15, -0.1) is 11.3 Å². The maximum atomic E-state index is 11.6. The summed E-state index contributed by atoms with van der Waals surface area (Å²) >= 11 is 7.77. The predicted octanol–water partition coefficient (Wildman–Crippen LogP) is 5.21. The van der Waals surface area contributed by atoms with Crippen molar-refractivity contribution in [2.45, 2.75) is 19.4 Å². The van der Waals surface area contributed by atoms with E-state index in [4.69, 9.17) is 11.6 Å². The molecule has 4 heterocycles. The number of H-pyrrole nitrogens is 1. The van der Waals surface area contributed by atoms with Crippen LogP contribution < -0.4 is 0 Å². The predicted molar refractivity (Wildman–Crippen MR) is 128 cm³/mol. The van der Waals surface area contributed by atoms with E-state index in [2.05, 4.69) is 31.3 Å². The molecule has 7 nitrogen and oxygen atoms in total. The van der Waals surface area contributed by atoms with E-state index in [0.29, 0.717) is 17.3 Å². The first-order valence-corrected chi connectivity index (χ1v) is 11.5. The smallest absolute Gasteiger partial charge is 0.165 e. The third-order valence-corrected chi connectivity index (χ3v) is 6.65. The zero-order valence-electron chi connectivity index (χ0n) is 17.6. The van der Waals surface area contributed by atoms with E-state index in [9.17, 15) is 4.79 Å². The van der Waals surface area contributed by atoms with Gasteiger partial charge in [0.15, 0.2) is 5.82 Å². The van der Waals surface area contributed by atoms with Gasteiger partial charge in [-0.1, -0.05) is 23.7 Å². The van der Waals surface area contributed by atoms with Crippen LogP contribution in [0.15, 0.2) is 73.4 Å². The molecule has 1 atom stereocenters. The largest absolute Gasteiger partial charge is 0.300 e. The summed E-state index contributed by atoms with van der Waals surface area (Å²) in [7, 11) is 0. The third kappa shape index (κ3) is 4.48. The van der Waals surface area contributed by atoms with Crippen molar-refractivity contribution < 1.29 is 4.79 Å². The van der Waals surface area contributed by atoms with E-state index in [-0.39, 0.29) is 11.8 Å². The number of nitrogens with one attached hydrogen (secondary N) is 1. The van der Waals surface area contributed by atoms with E-state index >= 15 is 0 Å². The Kier molecular flexibility index (Phi) is 5.85. The number of carbonyl (C=O) groups excluding carboxylic acids is 1. The normalized spacial score (nSPS) is 12.1. The molecule has 0 amide bonds. The lowest BCUT2D eigenvalue weighted by Gasteiger charge is -2.19. The SMILES string of the molecule is CC(=O)Cc1cc(-c2cc(C(c3ccc(Cl)cc3)n3cccn3)c(-c3ncn[nH]3)s2)ccn1. The molecule has 1 unspecified atom stereocenters. The molecule has 4 aromatic heterocycles. The standard InChI is InChI=1S/C24H19ClN6OS/c1-15(32)11-19-12-17(7-9-26-19)21-13-20(23(33-21)24-27-14-28-30-24)22(31-10-2-8-29-31)16-3-5-18(25)6-4-16/h2-10,12-14,22H,11H2,1H3,(H,27,28,30). The molecule has 0 spiro atoms. The number of hydrogen-bond acceptors (Lipinski definition) is 6. The Morgan fingerprint density at radius 3 is 2.70 bits per heavy atom. The summed E-state index contributed by atoms with van der Waals surface area (Å²) < 4.78 is 1.92. The highest BCUT2D eigenvalue weighted by Gasteiger charge is 2.25. The number of benzene rings is 1. The number of nitrogens with zero attached hydrogens (tertiary/aromatic N) is 5. The highest BCUT2D eigenvalue weighted by molar-refractivity contribution is 7.19. The fraction of sp³-hybridized carbons (Fsp3) is 0.125. The molecule has 1 N–H and O–H groups in total. The van der Waals surface area contributed by atoms with Gasteiger partial charge in [0.1, 0.15) is 18.2 Å². The second-order valence-corrected chi connectivity index (χ2v) is 9.07. The molecule has 0 fully saturated rings. The molecule has 0 saturated carbocycles. The summed E-state index contributed by atoms with van der Waals surface area (Å²) in [5.74, 6) is 0.765. The van der Waals surface area contributed by atoms with Crippen molar-refractivity contribution in [3.63, 3.8) is 0 Å². The van der Waals surface area contributed by atoms with Crippen molar-refractivity contribution in [3.8, 4) is 21.1 Å². The molecule has 1 aromatic carbocycles. The Hall–Kier alpha value is -3.62. The van der Waals surface area contributed by atoms with Crippen molar-refractivity contribution in [1.29, 1.82) is 0 Å². The Bertz CT molecular complexity index is 1380. The lowest BCUT2D eigenvalue weighted by Crippen LogP contribution is -2.13. The van der Waals surface area contributed by atoms with Crippen LogP contribution in [-0.4, -0.2) is 35.7 Å². The zero-order valence-corrected chi connectivity index (χ0v) is 19.2. The van der Waals surface area contributed by atoms with Crippen LogP contribution in [0.5, 0.6) is 0 Å². The second kappa shape index (κ2) is 9.09. The lowest BCUT2D eigenvalue weighted by molar-refractivity contribution is -0.116. The van der Waals surface area contributed by atoms with E-state index in [1.807, 2.05) is 53.3 Å². The minimum atomic E-state index is -0.194. The number of ketones is 1. The molecule has 33 heavy (non-hydrogen) atoms. The first-order valence-electron chi connectivity index (χ1n) is 10.3. The van der Waals surface area contributed by atoms with Crippen LogP contribution in [0.25, 0.3) is 21.1 Å². The first-order chi connectivity index (χ1) is 16.1. The van der Waals surface area contributed by atoms with Crippen LogP contribution in [0, 0.1) is 0 Å². The number of Topliss-reactive ketones (excluding diaryl/α,β-unsaturated/α-hetero) is 1. The number of pyridine rings is 1. The van der Waals surface area contributed by atoms with Crippen LogP contribution >= 0.6 is 22.9 Å². The van der Waals surface area contributed by atoms with Gasteiger partial charge in [0.25, 0.3) is 0 Å². The fourth-order valence-corrected chi connectivity index (χ4v) is 5.05. The van der Waals surface area contributed by atoms with Crippen LogP contribution in [0.3, 0.4) is 0 Å². The number of thiophene rings is 1. The van der Waals surface area contributed by atoms with E-state index in [0.717, 1.165) is 32.1 Å². The molecular weight excluding hydrogens is 456 g/mol. The minimum absolute atomic E-state index is 0.0790. The van der Waals surface area contributed by atoms with Crippen LogP contribution in [0.2, 0.25) is 5.02 Å². The van der Waals surface area contributed by atoms with Gasteiger partial charge in [-0.25, -0.2) is 4.98 Å². The molecule has 0 radical (unpaired) electrons. The highest BCUT2D eigenvalue weighted by atomic mass is 35.5. The van der Waals surface area contributed by atoms with Gasteiger partial charge in [0.2, 0.25) is 0 Å². The summed E-state index contributed by atoms with van der Waals surface area (Å²) in [6.45, 7) is 1.57. The van der Waals surface area contributed by atoms with Gasteiger partial charge in [0.05, 0.1) is 4.88 Å². The first kappa shape index (κ1) is 21.2. The average molecular weight is 475 g/mol. The number of carbonyl (C=O) groups is 1. The van der Waals surface area contributed by atoms with Crippen molar-refractivity contribution in [2.24, 2.45) is 0 Å². The average Bonchev–Trinajstić information content (AvgIpc) is 3.57. The summed E-state index contributed by atoms with van der Waals surface area (Å²) in [5.41, 5.74) is 3.81. The maximum Gasteiger partial charge on any atom is 0.165 e. The quantitative estimate of drug-likeness (QED) is 0.349. The van der Waals surface area contributed by atoms with Gasteiger partial charge in [-0.3, -0.25) is 19.6 Å². The summed E-state index contributed by atoms with van der Waals surface area (Å²) in [5, 5.41) is 12.3. The molecular formula is C24H19ClN6OS. The zero-order chi connectivity index (χ0) is 22.8. The Labute approximate surface area is 199 Å². The van der Waals surface area contributed by atoms with E-state index in [1.54, 1.807) is 30.7 Å². The molecule has 0 aliphatic heterocycles. The molecule has 0 saturated heterocycles. The fourth-order valence-electron chi connectivity index (χ4n) is 3.79. The van der Waals surface area contributed by atoms with Gasteiger partial charge in [0, 0.05) is 46.2 Å². The lowest BCUT2D eigenvalue weighted by atomic mass is 9.98. The Morgan fingerprint density at radius 1 is 1.15 bits per heavy atom. The summed E-state index contributed by atoms with van der Waals surface area (Å²) in [4.78, 5) is 22.4. The van der Waals surface area contributed by atoms with Crippen LogP contribution in [-0.2, 0) is 11.2 Å². The third-order valence-electron chi connectivity index (χ3n) is 5.19. The molecule has 0 bridgehead atoms. The van der Waals surface area contributed by atoms with Gasteiger partial charge >= 0.3 is 0 Å². The van der Waals surface area contributed by atoms with E-state index in [1.165, 1.54) is 6.33 Å². The number of hydrogen-bond donors (Lipinski definition) is 1. The van der Waals surface area contributed by atoms with Crippen molar-refractivity contribution >= 4 is 28.7 Å². The molecule has 0 aliphatic carbocycles. The minimum Gasteiger partial charge on any atom is -0.300 e. The van der Waals surface area contributed by atoms with Crippen molar-refractivity contribution in [3.05, 3.63) is 95.3 Å². The van der Waals surface area contributed by atoms with Crippen molar-refractivity contribution in [1.82, 2.24) is 29.9 Å². The number of halogens is 1. The van der Waals surface area contributed by atoms with Gasteiger partial charge < -0.3 is 0 Å². The highest BCUT2D eigenvalue weighted by Crippen LogP contribution is 2.42. The number of aromatic amines is 1. The van der Waals surface area contributed by atoms with Crippen molar-refractivity contribution in [2.75, 3.05) is 0 Å². The van der Waals surface area contributed by atoms with E-state index < -0.39 is 0 Å². The summed E-state index contributed by atoms with van der Waals surface area (Å²) in [6.07, 6.45) is 7.26. The molecule has 5 aromatic rings. The van der Waals surface area contributed by atoms with Crippen LogP contribution in [0.1, 0.15) is 29.8 Å². The molecule has 5 rings (SSSR count). The summed E-state index contributed by atoms with van der Waals surface area (Å²) in [6, 6.07) is 15.6. The topological polar surface area (TPSA) is 89.4 Å². The maximum absolute atomic E-state index is 11.6. The molecule has 0 aliphatic rings. The van der Waals surface area contributed by atoms with Gasteiger partial charge in [-0.05, 0) is 54.4 Å². The second-order valence-electron chi connectivity index (χ2n) is 7.58. The molecule has 164 valence electrons.